The maximum Gasteiger partial charge on any atom is 0.573 e. The van der Waals surface area contributed by atoms with E-state index >= 15 is 0 Å². The van der Waals surface area contributed by atoms with Crippen LogP contribution in [0, 0.1) is 0 Å². The average molecular weight is 442 g/mol. The summed E-state index contributed by atoms with van der Waals surface area (Å²) < 4.78 is 91.6. The second kappa shape index (κ2) is 7.81. The zero-order valence-corrected chi connectivity index (χ0v) is 16.6. The molecule has 0 aromatic heterocycles. The summed E-state index contributed by atoms with van der Waals surface area (Å²) in [6, 6.07) is 4.75. The number of hydrogen-bond donors (Lipinski definition) is 0. The van der Waals surface area contributed by atoms with Crippen molar-refractivity contribution in [2.24, 2.45) is 0 Å². The van der Waals surface area contributed by atoms with Crippen LogP contribution in [-0.2, 0) is 19.9 Å². The van der Waals surface area contributed by atoms with E-state index in [4.69, 9.17) is 0 Å². The molecule has 2 aliphatic rings. The van der Waals surface area contributed by atoms with Crippen LogP contribution in [0.5, 0.6) is 5.75 Å². The Kier molecular flexibility index (Phi) is 5.95. The van der Waals surface area contributed by atoms with Gasteiger partial charge in [-0.25, -0.2) is 16.8 Å². The standard InChI is InChI=1S/C16H21F3N2O5S2/c17-16(18,19)26-14-3-1-2-4-15(14)28(24,25)21-7-5-13(6-8-21)20-9-11-27(22,23)12-10-20/h1-4,13H,5-12H2. The van der Waals surface area contributed by atoms with Gasteiger partial charge in [0.15, 0.2) is 9.84 Å². The second-order valence-corrected chi connectivity index (χ2v) is 11.0. The monoisotopic (exact) mass is 442 g/mol. The number of alkyl halides is 3. The van der Waals surface area contributed by atoms with Gasteiger partial charge in [-0.1, -0.05) is 12.1 Å². The number of hydrogen-bond acceptors (Lipinski definition) is 6. The molecule has 28 heavy (non-hydrogen) atoms. The van der Waals surface area contributed by atoms with Gasteiger partial charge in [0.05, 0.1) is 11.5 Å². The number of nitrogens with zero attached hydrogens (tertiary/aromatic N) is 2. The molecule has 2 heterocycles. The van der Waals surface area contributed by atoms with E-state index in [9.17, 15) is 30.0 Å². The lowest BCUT2D eigenvalue weighted by Crippen LogP contribution is -2.51. The third kappa shape index (κ3) is 4.97. The van der Waals surface area contributed by atoms with Crippen molar-refractivity contribution < 1.29 is 34.7 Å². The van der Waals surface area contributed by atoms with Crippen LogP contribution in [0.2, 0.25) is 0 Å². The van der Waals surface area contributed by atoms with Crippen LogP contribution < -0.4 is 4.74 Å². The highest BCUT2D eigenvalue weighted by Gasteiger charge is 2.37. The molecule has 2 fully saturated rings. The summed E-state index contributed by atoms with van der Waals surface area (Å²) in [5.41, 5.74) is 0. The highest BCUT2D eigenvalue weighted by atomic mass is 32.2. The van der Waals surface area contributed by atoms with E-state index < -0.39 is 36.9 Å². The van der Waals surface area contributed by atoms with E-state index in [1.165, 1.54) is 12.1 Å². The molecule has 0 spiro atoms. The third-order valence-electron chi connectivity index (χ3n) is 5.01. The minimum atomic E-state index is -4.99. The predicted molar refractivity (Wildman–Crippen MR) is 95.1 cm³/mol. The average Bonchev–Trinajstić information content (AvgIpc) is 2.61. The van der Waals surface area contributed by atoms with Crippen LogP contribution in [-0.4, -0.2) is 76.1 Å². The van der Waals surface area contributed by atoms with E-state index in [0.717, 1.165) is 16.4 Å². The summed E-state index contributed by atoms with van der Waals surface area (Å²) in [6.07, 6.45) is -4.02. The fourth-order valence-corrected chi connectivity index (χ4v) is 6.36. The second-order valence-electron chi connectivity index (χ2n) is 6.82. The molecule has 0 bridgehead atoms. The smallest absolute Gasteiger partial charge is 0.404 e. The molecule has 2 saturated heterocycles. The predicted octanol–water partition coefficient (Wildman–Crippen LogP) is 1.47. The van der Waals surface area contributed by atoms with Crippen molar-refractivity contribution in [2.75, 3.05) is 37.7 Å². The number of sulfonamides is 1. The first kappa shape index (κ1) is 21.3. The fourth-order valence-electron chi connectivity index (χ4n) is 3.55. The van der Waals surface area contributed by atoms with Crippen LogP contribution >= 0.6 is 0 Å². The molecular weight excluding hydrogens is 421 g/mol. The van der Waals surface area contributed by atoms with Crippen molar-refractivity contribution in [3.8, 4) is 5.75 Å². The Morgan fingerprint density at radius 1 is 1.00 bits per heavy atom. The molecule has 12 heteroatoms. The molecular formula is C16H21F3N2O5S2. The number of ether oxygens (including phenoxy) is 1. The molecule has 158 valence electrons. The largest absolute Gasteiger partial charge is 0.573 e. The lowest BCUT2D eigenvalue weighted by atomic mass is 10.0. The molecule has 0 N–H and O–H groups in total. The van der Waals surface area contributed by atoms with Gasteiger partial charge >= 0.3 is 6.36 Å². The maximum atomic E-state index is 12.8. The molecule has 0 unspecified atom stereocenters. The normalized spacial score (nSPS) is 22.8. The van der Waals surface area contributed by atoms with Gasteiger partial charge in [0.2, 0.25) is 10.0 Å². The van der Waals surface area contributed by atoms with Gasteiger partial charge in [0, 0.05) is 32.2 Å². The van der Waals surface area contributed by atoms with Crippen LogP contribution in [0.25, 0.3) is 0 Å². The van der Waals surface area contributed by atoms with E-state index in [2.05, 4.69) is 4.74 Å². The zero-order valence-electron chi connectivity index (χ0n) is 14.9. The van der Waals surface area contributed by atoms with Gasteiger partial charge in [-0.2, -0.15) is 4.31 Å². The van der Waals surface area contributed by atoms with Crippen LogP contribution in [0.1, 0.15) is 12.8 Å². The number of benzene rings is 1. The van der Waals surface area contributed by atoms with E-state index in [0.29, 0.717) is 25.9 Å². The van der Waals surface area contributed by atoms with Crippen LogP contribution in [0.15, 0.2) is 29.2 Å². The highest BCUT2D eigenvalue weighted by molar-refractivity contribution is 7.91. The van der Waals surface area contributed by atoms with Crippen molar-refractivity contribution >= 4 is 19.9 Å². The molecule has 0 saturated carbocycles. The number of para-hydroxylation sites is 1. The Balaban J connectivity index is 1.69. The first-order chi connectivity index (χ1) is 13.0. The lowest BCUT2D eigenvalue weighted by molar-refractivity contribution is -0.275. The van der Waals surface area contributed by atoms with Gasteiger partial charge in [-0.15, -0.1) is 13.2 Å². The number of piperidine rings is 1. The Morgan fingerprint density at radius 2 is 1.57 bits per heavy atom. The molecule has 7 nitrogen and oxygen atoms in total. The molecule has 0 atom stereocenters. The number of rotatable bonds is 4. The third-order valence-corrected chi connectivity index (χ3v) is 8.56. The Morgan fingerprint density at radius 3 is 2.14 bits per heavy atom. The summed E-state index contributed by atoms with van der Waals surface area (Å²) in [5, 5.41) is 0. The van der Waals surface area contributed by atoms with Gasteiger partial charge in [0.1, 0.15) is 10.6 Å². The lowest BCUT2D eigenvalue weighted by Gasteiger charge is -2.39. The Hall–Kier alpha value is -1.37. The maximum absolute atomic E-state index is 12.8. The summed E-state index contributed by atoms with van der Waals surface area (Å²) in [4.78, 5) is 1.53. The first-order valence-electron chi connectivity index (χ1n) is 8.77. The fraction of sp³-hybridized carbons (Fsp3) is 0.625. The quantitative estimate of drug-likeness (QED) is 0.702. The topological polar surface area (TPSA) is 84.0 Å². The van der Waals surface area contributed by atoms with Gasteiger partial charge < -0.3 is 4.74 Å². The van der Waals surface area contributed by atoms with Gasteiger partial charge in [-0.05, 0) is 25.0 Å². The van der Waals surface area contributed by atoms with Gasteiger partial charge in [0.25, 0.3) is 0 Å². The Bertz CT molecular complexity index is 896. The zero-order chi connectivity index (χ0) is 20.6. The molecule has 1 aromatic carbocycles. The van der Waals surface area contributed by atoms with Crippen molar-refractivity contribution in [1.29, 1.82) is 0 Å². The number of halogens is 3. The summed E-state index contributed by atoms with van der Waals surface area (Å²) in [5.74, 6) is -0.570. The number of sulfone groups is 1. The van der Waals surface area contributed by atoms with Gasteiger partial charge in [-0.3, -0.25) is 4.90 Å². The van der Waals surface area contributed by atoms with Crippen molar-refractivity contribution in [3.63, 3.8) is 0 Å². The van der Waals surface area contributed by atoms with Crippen molar-refractivity contribution in [2.45, 2.75) is 30.1 Å². The summed E-state index contributed by atoms with van der Waals surface area (Å²) in [6.45, 7) is 1.14. The molecule has 0 aliphatic carbocycles. The molecule has 1 aromatic rings. The highest BCUT2D eigenvalue weighted by Crippen LogP contribution is 2.32. The summed E-state index contributed by atoms with van der Waals surface area (Å²) in [7, 11) is -7.14. The minimum absolute atomic E-state index is 0.0589. The van der Waals surface area contributed by atoms with Crippen LogP contribution in [0.3, 0.4) is 0 Å². The minimum Gasteiger partial charge on any atom is -0.404 e. The molecule has 2 aliphatic heterocycles. The first-order valence-corrected chi connectivity index (χ1v) is 12.0. The molecule has 0 radical (unpaired) electrons. The van der Waals surface area contributed by atoms with Crippen molar-refractivity contribution in [3.05, 3.63) is 24.3 Å². The molecule has 0 amide bonds. The van der Waals surface area contributed by atoms with Crippen molar-refractivity contribution in [1.82, 2.24) is 9.21 Å². The van der Waals surface area contributed by atoms with Crippen LogP contribution in [0.4, 0.5) is 13.2 Å². The van der Waals surface area contributed by atoms with E-state index in [1.807, 2.05) is 4.90 Å². The molecule has 3 rings (SSSR count). The van der Waals surface area contributed by atoms with E-state index in [-0.39, 0.29) is 30.6 Å². The summed E-state index contributed by atoms with van der Waals surface area (Å²) >= 11 is 0. The Labute approximate surface area is 162 Å². The van der Waals surface area contributed by atoms with E-state index in [1.54, 1.807) is 0 Å². The SMILES string of the molecule is O=S1(=O)CCN(C2CCN(S(=O)(=O)c3ccccc3OC(F)(F)F)CC2)CC1.